The van der Waals surface area contributed by atoms with Crippen molar-refractivity contribution < 1.29 is 17.9 Å². The first-order chi connectivity index (χ1) is 10.9. The molecule has 2 rings (SSSR count). The molecule has 0 radical (unpaired) electrons. The Balaban J connectivity index is 2.14. The fourth-order valence-electron chi connectivity index (χ4n) is 2.27. The van der Waals surface area contributed by atoms with Gasteiger partial charge < -0.3 is 15.8 Å². The van der Waals surface area contributed by atoms with E-state index in [1.807, 2.05) is 0 Å². The zero-order valence-electron chi connectivity index (χ0n) is 12.7. The Labute approximate surface area is 133 Å². The maximum atomic E-state index is 13.0. The molecule has 0 unspecified atom stereocenters. The number of halogens is 3. The number of hydrogen-bond acceptors (Lipinski definition) is 3. The number of methoxy groups -OCH3 is 1. The van der Waals surface area contributed by atoms with Crippen LogP contribution in [0, 0.1) is 0 Å². The van der Waals surface area contributed by atoms with Crippen molar-refractivity contribution >= 4 is 0 Å². The van der Waals surface area contributed by atoms with Gasteiger partial charge in [0.15, 0.2) is 0 Å². The smallest absolute Gasteiger partial charge is 0.405 e. The van der Waals surface area contributed by atoms with E-state index in [1.165, 1.54) is 0 Å². The molecular formula is C17H19F3N2O. The second-order valence-electron chi connectivity index (χ2n) is 5.18. The molecule has 0 aromatic heterocycles. The molecule has 0 amide bonds. The summed E-state index contributed by atoms with van der Waals surface area (Å²) in [5.74, 6) is 0.695. The predicted octanol–water partition coefficient (Wildman–Crippen LogP) is 3.42. The second-order valence-corrected chi connectivity index (χ2v) is 5.18. The topological polar surface area (TPSA) is 47.3 Å². The molecule has 0 fully saturated rings. The molecule has 2 aromatic carbocycles. The van der Waals surface area contributed by atoms with E-state index in [0.29, 0.717) is 11.3 Å². The van der Waals surface area contributed by atoms with Gasteiger partial charge >= 0.3 is 6.18 Å². The van der Waals surface area contributed by atoms with Crippen LogP contribution in [-0.4, -0.2) is 19.3 Å². The number of hydrogen-bond donors (Lipinski definition) is 2. The molecule has 0 heterocycles. The summed E-state index contributed by atoms with van der Waals surface area (Å²) in [6, 6.07) is 12.5. The van der Waals surface area contributed by atoms with Gasteiger partial charge in [0.1, 0.15) is 11.8 Å². The highest BCUT2D eigenvalue weighted by Crippen LogP contribution is 2.29. The van der Waals surface area contributed by atoms with Crippen molar-refractivity contribution in [1.82, 2.24) is 5.32 Å². The lowest BCUT2D eigenvalue weighted by molar-refractivity contribution is -0.154. The van der Waals surface area contributed by atoms with Gasteiger partial charge in [-0.3, -0.25) is 0 Å². The van der Waals surface area contributed by atoms with Gasteiger partial charge in [0.25, 0.3) is 0 Å². The van der Waals surface area contributed by atoms with Crippen molar-refractivity contribution in [2.45, 2.75) is 24.8 Å². The van der Waals surface area contributed by atoms with Crippen LogP contribution in [0.4, 0.5) is 13.2 Å². The largest absolute Gasteiger partial charge is 0.497 e. The van der Waals surface area contributed by atoms with E-state index in [0.717, 1.165) is 5.56 Å². The van der Waals surface area contributed by atoms with E-state index in [2.05, 4.69) is 5.32 Å². The minimum absolute atomic E-state index is 0.271. The molecule has 0 spiro atoms. The van der Waals surface area contributed by atoms with Crippen LogP contribution in [0.25, 0.3) is 0 Å². The minimum Gasteiger partial charge on any atom is -0.497 e. The summed E-state index contributed by atoms with van der Waals surface area (Å²) in [5, 5.41) is 2.91. The van der Waals surface area contributed by atoms with Crippen LogP contribution >= 0.6 is 0 Å². The highest BCUT2D eigenvalue weighted by molar-refractivity contribution is 5.27. The first kappa shape index (κ1) is 17.3. The second kappa shape index (κ2) is 7.48. The molecule has 2 aromatic rings. The molecule has 23 heavy (non-hydrogen) atoms. The van der Waals surface area contributed by atoms with Gasteiger partial charge in [-0.1, -0.05) is 42.5 Å². The number of nitrogens with two attached hydrogens (primary N) is 1. The van der Waals surface area contributed by atoms with Crippen molar-refractivity contribution in [2.75, 3.05) is 7.11 Å². The predicted molar refractivity (Wildman–Crippen MR) is 83.0 cm³/mol. The molecule has 0 bridgehead atoms. The van der Waals surface area contributed by atoms with Crippen LogP contribution in [0.3, 0.4) is 0 Å². The highest BCUT2D eigenvalue weighted by Gasteiger charge is 2.42. The Morgan fingerprint density at radius 1 is 1.04 bits per heavy atom. The summed E-state index contributed by atoms with van der Waals surface area (Å²) in [6.45, 7) is 0.271. The van der Waals surface area contributed by atoms with E-state index >= 15 is 0 Å². The molecule has 2 atom stereocenters. The summed E-state index contributed by atoms with van der Waals surface area (Å²) in [5.41, 5.74) is 6.78. The Hall–Kier alpha value is -2.05. The van der Waals surface area contributed by atoms with Crippen molar-refractivity contribution in [2.24, 2.45) is 5.73 Å². The number of benzene rings is 2. The number of rotatable bonds is 6. The summed E-state index contributed by atoms with van der Waals surface area (Å²) in [4.78, 5) is 0. The highest BCUT2D eigenvalue weighted by atomic mass is 19.4. The number of ether oxygens (including phenoxy) is 1. The molecular weight excluding hydrogens is 305 g/mol. The van der Waals surface area contributed by atoms with E-state index in [4.69, 9.17) is 10.5 Å². The SMILES string of the molecule is COc1ccc(CN[C@H](c2ccccc2)[C@@H](N)C(F)(F)F)cc1. The number of alkyl halides is 3. The zero-order valence-corrected chi connectivity index (χ0v) is 12.7. The molecule has 6 heteroatoms. The van der Waals surface area contributed by atoms with Gasteiger partial charge in [-0.25, -0.2) is 0 Å². The van der Waals surface area contributed by atoms with Crippen LogP contribution in [0.15, 0.2) is 54.6 Å². The molecule has 3 N–H and O–H groups in total. The van der Waals surface area contributed by atoms with Gasteiger partial charge in [-0.05, 0) is 23.3 Å². The Morgan fingerprint density at radius 2 is 1.65 bits per heavy atom. The quantitative estimate of drug-likeness (QED) is 0.856. The normalized spacial score (nSPS) is 14.3. The van der Waals surface area contributed by atoms with Gasteiger partial charge in [0.05, 0.1) is 13.2 Å². The summed E-state index contributed by atoms with van der Waals surface area (Å²) >= 11 is 0. The molecule has 124 valence electrons. The lowest BCUT2D eigenvalue weighted by Gasteiger charge is -2.27. The average Bonchev–Trinajstić information content (AvgIpc) is 2.55. The summed E-state index contributed by atoms with van der Waals surface area (Å²) in [7, 11) is 1.56. The van der Waals surface area contributed by atoms with E-state index in [-0.39, 0.29) is 6.54 Å². The first-order valence-electron chi connectivity index (χ1n) is 7.15. The van der Waals surface area contributed by atoms with Crippen molar-refractivity contribution in [1.29, 1.82) is 0 Å². The Kier molecular flexibility index (Phi) is 5.63. The fourth-order valence-corrected chi connectivity index (χ4v) is 2.27. The zero-order chi connectivity index (χ0) is 16.9. The Bertz CT molecular complexity index is 599. The third-order valence-corrected chi connectivity index (χ3v) is 3.58. The lowest BCUT2D eigenvalue weighted by Crippen LogP contribution is -2.47. The standard InChI is InChI=1S/C17H19F3N2O/c1-23-14-9-7-12(8-10-14)11-22-15(16(21)17(18,19)20)13-5-3-2-4-6-13/h2-10,15-16,22H,11,21H2,1H3/t15-,16-/m1/s1. The van der Waals surface area contributed by atoms with E-state index in [9.17, 15) is 13.2 Å². The molecule has 0 aliphatic heterocycles. The maximum Gasteiger partial charge on any atom is 0.405 e. The molecule has 0 aliphatic carbocycles. The number of nitrogens with one attached hydrogen (secondary N) is 1. The van der Waals surface area contributed by atoms with E-state index < -0.39 is 18.3 Å². The van der Waals surface area contributed by atoms with E-state index in [1.54, 1.807) is 61.7 Å². The molecule has 3 nitrogen and oxygen atoms in total. The van der Waals surface area contributed by atoms with Gasteiger partial charge in [0.2, 0.25) is 0 Å². The summed E-state index contributed by atoms with van der Waals surface area (Å²) < 4.78 is 44.1. The monoisotopic (exact) mass is 324 g/mol. The van der Waals surface area contributed by atoms with Crippen LogP contribution < -0.4 is 15.8 Å². The van der Waals surface area contributed by atoms with Crippen molar-refractivity contribution in [3.8, 4) is 5.75 Å². The van der Waals surface area contributed by atoms with Crippen molar-refractivity contribution in [3.63, 3.8) is 0 Å². The molecule has 0 saturated carbocycles. The van der Waals surface area contributed by atoms with Crippen molar-refractivity contribution in [3.05, 3.63) is 65.7 Å². The van der Waals surface area contributed by atoms with Gasteiger partial charge in [-0.15, -0.1) is 0 Å². The minimum atomic E-state index is -4.48. The van der Waals surface area contributed by atoms with Gasteiger partial charge in [-0.2, -0.15) is 13.2 Å². The van der Waals surface area contributed by atoms with Crippen LogP contribution in [0.5, 0.6) is 5.75 Å². The Morgan fingerprint density at radius 3 is 2.17 bits per heavy atom. The lowest BCUT2D eigenvalue weighted by atomic mass is 9.99. The molecule has 0 aliphatic rings. The average molecular weight is 324 g/mol. The first-order valence-corrected chi connectivity index (χ1v) is 7.15. The van der Waals surface area contributed by atoms with Gasteiger partial charge in [0, 0.05) is 6.54 Å². The van der Waals surface area contributed by atoms with Crippen LogP contribution in [0.1, 0.15) is 17.2 Å². The third-order valence-electron chi connectivity index (χ3n) is 3.58. The maximum absolute atomic E-state index is 13.0. The summed E-state index contributed by atoms with van der Waals surface area (Å²) in [6.07, 6.45) is -4.48. The van der Waals surface area contributed by atoms with Crippen LogP contribution in [0.2, 0.25) is 0 Å². The third kappa shape index (κ3) is 4.71. The van der Waals surface area contributed by atoms with Crippen LogP contribution in [-0.2, 0) is 6.54 Å². The molecule has 0 saturated heterocycles. The fraction of sp³-hybridized carbons (Fsp3) is 0.294.